The largest absolute Gasteiger partial charge is 0.374 e. The molecule has 0 aromatic carbocycles. The number of nitrogens with zero attached hydrogens (tertiary/aromatic N) is 1. The number of likely N-dealkylation sites (N-methyl/N-ethyl adjacent to an activating group) is 1. The summed E-state index contributed by atoms with van der Waals surface area (Å²) in [5.41, 5.74) is 0. The van der Waals surface area contributed by atoms with E-state index in [0.717, 1.165) is 26.1 Å². The first-order valence-electron chi connectivity index (χ1n) is 4.74. The van der Waals surface area contributed by atoms with Gasteiger partial charge in [-0.1, -0.05) is 6.92 Å². The molecule has 0 saturated carbocycles. The van der Waals surface area contributed by atoms with Crippen molar-refractivity contribution in [3.8, 4) is 0 Å². The van der Waals surface area contributed by atoms with Crippen LogP contribution in [-0.4, -0.2) is 50.8 Å². The van der Waals surface area contributed by atoms with Crippen molar-refractivity contribution in [2.45, 2.75) is 25.5 Å². The lowest BCUT2D eigenvalue weighted by atomic mass is 10.1. The van der Waals surface area contributed by atoms with Gasteiger partial charge in [-0.15, -0.1) is 0 Å². The van der Waals surface area contributed by atoms with Gasteiger partial charge in [-0.25, -0.2) is 0 Å². The standard InChI is InChI=1S/C9H20N2O/c1-4-8(11(2)3)9-7-10-5-6-12-9/h8-10H,4-7H2,1-3H3. The minimum absolute atomic E-state index is 0.374. The maximum atomic E-state index is 5.69. The van der Waals surface area contributed by atoms with Crippen molar-refractivity contribution in [3.63, 3.8) is 0 Å². The van der Waals surface area contributed by atoms with Crippen molar-refractivity contribution in [2.75, 3.05) is 33.8 Å². The fourth-order valence-electron chi connectivity index (χ4n) is 1.79. The van der Waals surface area contributed by atoms with E-state index in [2.05, 4.69) is 31.2 Å². The van der Waals surface area contributed by atoms with Crippen LogP contribution in [0.15, 0.2) is 0 Å². The van der Waals surface area contributed by atoms with Gasteiger partial charge in [-0.3, -0.25) is 0 Å². The average Bonchev–Trinajstić information content (AvgIpc) is 2.07. The summed E-state index contributed by atoms with van der Waals surface area (Å²) in [6.07, 6.45) is 1.53. The molecule has 0 amide bonds. The summed E-state index contributed by atoms with van der Waals surface area (Å²) >= 11 is 0. The maximum absolute atomic E-state index is 5.69. The van der Waals surface area contributed by atoms with Crippen LogP contribution in [0.3, 0.4) is 0 Å². The zero-order valence-electron chi connectivity index (χ0n) is 8.34. The second-order valence-corrected chi connectivity index (χ2v) is 3.55. The molecule has 1 aliphatic rings. The van der Waals surface area contributed by atoms with Gasteiger partial charge in [-0.2, -0.15) is 0 Å². The number of ether oxygens (including phenoxy) is 1. The van der Waals surface area contributed by atoms with Gasteiger partial charge in [0, 0.05) is 19.1 Å². The molecular weight excluding hydrogens is 152 g/mol. The summed E-state index contributed by atoms with van der Waals surface area (Å²) in [6.45, 7) is 5.06. The third kappa shape index (κ3) is 2.44. The van der Waals surface area contributed by atoms with E-state index in [4.69, 9.17) is 4.74 Å². The zero-order valence-corrected chi connectivity index (χ0v) is 8.34. The van der Waals surface area contributed by atoms with Crippen LogP contribution in [0.1, 0.15) is 13.3 Å². The number of hydrogen-bond acceptors (Lipinski definition) is 3. The fourth-order valence-corrected chi connectivity index (χ4v) is 1.79. The Bertz CT molecular complexity index is 122. The van der Waals surface area contributed by atoms with Crippen LogP contribution in [0.4, 0.5) is 0 Å². The quantitative estimate of drug-likeness (QED) is 0.663. The summed E-state index contributed by atoms with van der Waals surface area (Å²) in [7, 11) is 4.23. The third-order valence-electron chi connectivity index (χ3n) is 2.47. The lowest BCUT2D eigenvalue weighted by molar-refractivity contribution is -0.0210. The SMILES string of the molecule is CCC(C1CNCCO1)N(C)C. The topological polar surface area (TPSA) is 24.5 Å². The van der Waals surface area contributed by atoms with E-state index in [1.165, 1.54) is 0 Å². The number of nitrogens with one attached hydrogen (secondary N) is 1. The number of morpholine rings is 1. The Labute approximate surface area is 75.1 Å². The average molecular weight is 172 g/mol. The highest BCUT2D eigenvalue weighted by atomic mass is 16.5. The Morgan fingerprint density at radius 1 is 1.58 bits per heavy atom. The molecule has 1 aliphatic heterocycles. The molecule has 0 bridgehead atoms. The minimum atomic E-state index is 0.374. The molecule has 0 spiro atoms. The predicted octanol–water partition coefficient (Wildman–Crippen LogP) is 0.315. The van der Waals surface area contributed by atoms with E-state index < -0.39 is 0 Å². The highest BCUT2D eigenvalue weighted by molar-refractivity contribution is 4.79. The smallest absolute Gasteiger partial charge is 0.0854 e. The molecule has 2 atom stereocenters. The fraction of sp³-hybridized carbons (Fsp3) is 1.00. The molecule has 1 rings (SSSR count). The third-order valence-corrected chi connectivity index (χ3v) is 2.47. The first-order valence-corrected chi connectivity index (χ1v) is 4.74. The van der Waals surface area contributed by atoms with Crippen molar-refractivity contribution < 1.29 is 4.74 Å². The summed E-state index contributed by atoms with van der Waals surface area (Å²) in [5.74, 6) is 0. The molecule has 0 aromatic rings. The molecular formula is C9H20N2O. The van der Waals surface area contributed by atoms with Gasteiger partial charge in [0.2, 0.25) is 0 Å². The first kappa shape index (κ1) is 9.96. The molecule has 12 heavy (non-hydrogen) atoms. The lowest BCUT2D eigenvalue weighted by Crippen LogP contribution is -2.49. The van der Waals surface area contributed by atoms with Crippen LogP contribution in [-0.2, 0) is 4.74 Å². The van der Waals surface area contributed by atoms with Crippen LogP contribution >= 0.6 is 0 Å². The second-order valence-electron chi connectivity index (χ2n) is 3.55. The van der Waals surface area contributed by atoms with Crippen LogP contribution in [0.2, 0.25) is 0 Å². The molecule has 1 saturated heterocycles. The van der Waals surface area contributed by atoms with Gasteiger partial charge in [0.15, 0.2) is 0 Å². The summed E-state index contributed by atoms with van der Waals surface area (Å²) in [6, 6.07) is 0.554. The molecule has 3 heteroatoms. The van der Waals surface area contributed by atoms with Crippen LogP contribution in [0, 0.1) is 0 Å². The van der Waals surface area contributed by atoms with Crippen LogP contribution in [0.5, 0.6) is 0 Å². The molecule has 2 unspecified atom stereocenters. The van der Waals surface area contributed by atoms with Crippen LogP contribution in [0.25, 0.3) is 0 Å². The molecule has 1 heterocycles. The summed E-state index contributed by atoms with van der Waals surface area (Å²) in [5, 5.41) is 3.35. The van der Waals surface area contributed by atoms with Crippen molar-refractivity contribution in [3.05, 3.63) is 0 Å². The van der Waals surface area contributed by atoms with E-state index in [0.29, 0.717) is 12.1 Å². The first-order chi connectivity index (χ1) is 5.75. The predicted molar refractivity (Wildman–Crippen MR) is 50.4 cm³/mol. The molecule has 0 aromatic heterocycles. The summed E-state index contributed by atoms with van der Waals surface area (Å²) in [4.78, 5) is 2.25. The molecule has 1 N–H and O–H groups in total. The minimum Gasteiger partial charge on any atom is -0.374 e. The normalized spacial score (nSPS) is 27.5. The van der Waals surface area contributed by atoms with Gasteiger partial charge >= 0.3 is 0 Å². The van der Waals surface area contributed by atoms with E-state index >= 15 is 0 Å². The number of hydrogen-bond donors (Lipinski definition) is 1. The van der Waals surface area contributed by atoms with Gasteiger partial charge in [0.1, 0.15) is 0 Å². The Morgan fingerprint density at radius 2 is 2.33 bits per heavy atom. The Balaban J connectivity index is 2.40. The summed E-state index contributed by atoms with van der Waals surface area (Å²) < 4.78 is 5.69. The molecule has 0 radical (unpaired) electrons. The second kappa shape index (κ2) is 4.80. The molecule has 1 fully saturated rings. The molecule has 72 valence electrons. The molecule has 3 nitrogen and oxygen atoms in total. The molecule has 0 aliphatic carbocycles. The van der Waals surface area contributed by atoms with E-state index in [1.807, 2.05) is 0 Å². The van der Waals surface area contributed by atoms with Gasteiger partial charge in [0.05, 0.1) is 12.7 Å². The van der Waals surface area contributed by atoms with E-state index in [9.17, 15) is 0 Å². The Kier molecular flexibility index (Phi) is 3.98. The Morgan fingerprint density at radius 3 is 2.75 bits per heavy atom. The van der Waals surface area contributed by atoms with Crippen molar-refractivity contribution in [1.82, 2.24) is 10.2 Å². The van der Waals surface area contributed by atoms with Gasteiger partial charge < -0.3 is 15.0 Å². The van der Waals surface area contributed by atoms with Crippen molar-refractivity contribution in [2.24, 2.45) is 0 Å². The van der Waals surface area contributed by atoms with Gasteiger partial charge in [0.25, 0.3) is 0 Å². The number of rotatable bonds is 3. The monoisotopic (exact) mass is 172 g/mol. The van der Waals surface area contributed by atoms with Crippen molar-refractivity contribution in [1.29, 1.82) is 0 Å². The van der Waals surface area contributed by atoms with Crippen molar-refractivity contribution >= 4 is 0 Å². The zero-order chi connectivity index (χ0) is 8.97. The lowest BCUT2D eigenvalue weighted by Gasteiger charge is -2.34. The maximum Gasteiger partial charge on any atom is 0.0854 e. The Hall–Kier alpha value is -0.120. The van der Waals surface area contributed by atoms with Crippen LogP contribution < -0.4 is 5.32 Å². The van der Waals surface area contributed by atoms with E-state index in [-0.39, 0.29) is 0 Å². The highest BCUT2D eigenvalue weighted by Gasteiger charge is 2.24. The van der Waals surface area contributed by atoms with Gasteiger partial charge in [-0.05, 0) is 20.5 Å². The highest BCUT2D eigenvalue weighted by Crippen LogP contribution is 2.10. The van der Waals surface area contributed by atoms with E-state index in [1.54, 1.807) is 0 Å².